The highest BCUT2D eigenvalue weighted by atomic mass is 19.3. The third-order valence-corrected chi connectivity index (χ3v) is 3.30. The zero-order valence-electron chi connectivity index (χ0n) is 12.9. The Labute approximate surface area is 135 Å². The summed E-state index contributed by atoms with van der Waals surface area (Å²) < 4.78 is 57.0. The van der Waals surface area contributed by atoms with Crippen LogP contribution >= 0.6 is 0 Å². The van der Waals surface area contributed by atoms with Crippen molar-refractivity contribution in [2.75, 3.05) is 0 Å². The van der Waals surface area contributed by atoms with Gasteiger partial charge in [0.05, 0.1) is 6.10 Å². The molecule has 9 heteroatoms. The highest BCUT2D eigenvalue weighted by molar-refractivity contribution is 5.99. The lowest BCUT2D eigenvalue weighted by Gasteiger charge is -2.30. The summed E-state index contributed by atoms with van der Waals surface area (Å²) >= 11 is 0. The molecule has 1 aromatic carbocycles. The van der Waals surface area contributed by atoms with Gasteiger partial charge in [0.2, 0.25) is 5.72 Å². The van der Waals surface area contributed by atoms with Gasteiger partial charge in [-0.3, -0.25) is 4.79 Å². The summed E-state index contributed by atoms with van der Waals surface area (Å²) in [6.45, 7) is 3.60. The van der Waals surface area contributed by atoms with Crippen LogP contribution in [-0.4, -0.2) is 46.4 Å². The molecule has 1 aliphatic heterocycles. The first kappa shape index (κ1) is 18.2. The first-order chi connectivity index (χ1) is 11.1. The Bertz CT molecular complexity index is 634. The summed E-state index contributed by atoms with van der Waals surface area (Å²) in [7, 11) is 0. The van der Waals surface area contributed by atoms with Crippen LogP contribution in [0.25, 0.3) is 0 Å². The molecule has 1 amide bonds. The molecule has 0 fully saturated rings. The summed E-state index contributed by atoms with van der Waals surface area (Å²) in [5.74, 6) is -0.659. The Hall–Kier alpha value is -2.16. The van der Waals surface area contributed by atoms with E-state index < -0.39 is 36.6 Å². The molecular weight excluding hydrogens is 332 g/mol. The average Bonchev–Trinajstić information content (AvgIpc) is 2.86. The van der Waals surface area contributed by atoms with E-state index in [0.29, 0.717) is 5.75 Å². The maximum atomic E-state index is 13.1. The Morgan fingerprint density at radius 2 is 1.83 bits per heavy atom. The molecule has 1 N–H and O–H groups in total. The zero-order chi connectivity index (χ0) is 18.1. The van der Waals surface area contributed by atoms with Crippen molar-refractivity contribution in [3.8, 4) is 5.75 Å². The van der Waals surface area contributed by atoms with Crippen molar-refractivity contribution >= 4 is 11.6 Å². The fourth-order valence-electron chi connectivity index (χ4n) is 2.17. The van der Waals surface area contributed by atoms with Crippen molar-refractivity contribution in [3.63, 3.8) is 0 Å². The predicted molar refractivity (Wildman–Crippen MR) is 77.4 cm³/mol. The number of carbonyl (C=O) groups is 1. The number of rotatable bonds is 5. The van der Waals surface area contributed by atoms with Gasteiger partial charge in [-0.1, -0.05) is 0 Å². The van der Waals surface area contributed by atoms with Crippen LogP contribution in [0.1, 0.15) is 30.6 Å². The van der Waals surface area contributed by atoms with Gasteiger partial charge < -0.3 is 9.84 Å². The minimum atomic E-state index is -3.45. The molecule has 1 atom stereocenters. The van der Waals surface area contributed by atoms with Crippen LogP contribution in [-0.2, 0) is 0 Å². The van der Waals surface area contributed by atoms with Crippen molar-refractivity contribution in [3.05, 3.63) is 29.8 Å². The van der Waals surface area contributed by atoms with E-state index in [0.717, 1.165) is 0 Å². The van der Waals surface area contributed by atoms with Crippen LogP contribution in [0.5, 0.6) is 5.75 Å². The number of amides is 1. The van der Waals surface area contributed by atoms with Gasteiger partial charge in [0.25, 0.3) is 18.8 Å². The fourth-order valence-corrected chi connectivity index (χ4v) is 2.17. The number of benzene rings is 1. The van der Waals surface area contributed by atoms with Crippen LogP contribution in [0, 0.1) is 0 Å². The van der Waals surface area contributed by atoms with E-state index in [4.69, 9.17) is 4.74 Å². The highest BCUT2D eigenvalue weighted by Crippen LogP contribution is 2.34. The molecule has 1 aromatic rings. The minimum Gasteiger partial charge on any atom is -0.491 e. The third-order valence-electron chi connectivity index (χ3n) is 3.30. The Kier molecular flexibility index (Phi) is 5.12. The van der Waals surface area contributed by atoms with Gasteiger partial charge in [-0.25, -0.2) is 17.6 Å². The standard InChI is InChI=1S/C15H16F4N2O3/c1-8(2)24-10-5-3-9(4-6-10)13(22)21-15(23,14(18)19)7-11(20-21)12(16)17/h3-6,8,12,14,23H,7H2,1-2H3. The lowest BCUT2D eigenvalue weighted by molar-refractivity contribution is -0.164. The number of nitrogens with zero attached hydrogens (tertiary/aromatic N) is 2. The number of hydrogen-bond acceptors (Lipinski definition) is 4. The largest absolute Gasteiger partial charge is 0.491 e. The van der Waals surface area contributed by atoms with Crippen molar-refractivity contribution in [1.29, 1.82) is 0 Å². The van der Waals surface area contributed by atoms with Crippen molar-refractivity contribution in [2.24, 2.45) is 5.10 Å². The molecule has 0 bridgehead atoms. The first-order valence-corrected chi connectivity index (χ1v) is 7.12. The second-order valence-corrected chi connectivity index (χ2v) is 5.56. The lowest BCUT2D eigenvalue weighted by atomic mass is 10.1. The molecule has 1 heterocycles. The average molecular weight is 348 g/mol. The summed E-state index contributed by atoms with van der Waals surface area (Å²) in [5, 5.41) is 13.2. The molecule has 0 saturated carbocycles. The monoisotopic (exact) mass is 348 g/mol. The molecule has 1 aliphatic rings. The normalized spacial score (nSPS) is 20.9. The first-order valence-electron chi connectivity index (χ1n) is 7.12. The smallest absolute Gasteiger partial charge is 0.287 e. The number of aliphatic hydroxyl groups is 1. The number of carbonyl (C=O) groups excluding carboxylic acids is 1. The molecule has 2 rings (SSSR count). The van der Waals surface area contributed by atoms with E-state index >= 15 is 0 Å². The molecule has 1 unspecified atom stereocenters. The number of alkyl halides is 4. The van der Waals surface area contributed by atoms with Gasteiger partial charge in [0, 0.05) is 12.0 Å². The molecule has 0 aliphatic carbocycles. The van der Waals surface area contributed by atoms with E-state index in [9.17, 15) is 27.5 Å². The fraction of sp³-hybridized carbons (Fsp3) is 0.467. The molecule has 0 aromatic heterocycles. The number of ether oxygens (including phenoxy) is 1. The molecule has 0 radical (unpaired) electrons. The van der Waals surface area contributed by atoms with Crippen LogP contribution in [0.15, 0.2) is 29.4 Å². The van der Waals surface area contributed by atoms with E-state index in [1.807, 2.05) is 0 Å². The van der Waals surface area contributed by atoms with Gasteiger partial charge in [-0.05, 0) is 38.1 Å². The maximum absolute atomic E-state index is 13.1. The summed E-state index contributed by atoms with van der Waals surface area (Å²) in [6.07, 6.45) is -7.81. The molecule has 132 valence electrons. The molecule has 24 heavy (non-hydrogen) atoms. The van der Waals surface area contributed by atoms with Gasteiger partial charge in [-0.15, -0.1) is 0 Å². The molecular formula is C15H16F4N2O3. The Balaban J connectivity index is 2.28. The van der Waals surface area contributed by atoms with Gasteiger partial charge in [-0.2, -0.15) is 10.1 Å². The number of hydrogen-bond donors (Lipinski definition) is 1. The minimum absolute atomic E-state index is 0.0253. The topological polar surface area (TPSA) is 62.1 Å². The summed E-state index contributed by atoms with van der Waals surface area (Å²) in [6, 6.07) is 5.43. The zero-order valence-corrected chi connectivity index (χ0v) is 12.9. The summed E-state index contributed by atoms with van der Waals surface area (Å²) in [5.41, 5.74) is -4.15. The Morgan fingerprint density at radius 3 is 2.29 bits per heavy atom. The van der Waals surface area contributed by atoms with Gasteiger partial charge in [0.15, 0.2) is 0 Å². The SMILES string of the molecule is CC(C)Oc1ccc(C(=O)N2N=C(C(F)F)CC2(O)C(F)F)cc1. The maximum Gasteiger partial charge on any atom is 0.287 e. The van der Waals surface area contributed by atoms with Crippen molar-refractivity contribution in [2.45, 2.75) is 44.9 Å². The van der Waals surface area contributed by atoms with E-state index in [-0.39, 0.29) is 16.7 Å². The van der Waals surface area contributed by atoms with Crippen LogP contribution in [0.3, 0.4) is 0 Å². The molecule has 0 spiro atoms. The van der Waals surface area contributed by atoms with Crippen molar-refractivity contribution < 1.29 is 32.2 Å². The third kappa shape index (κ3) is 3.50. The number of hydrazone groups is 1. The van der Waals surface area contributed by atoms with Crippen LogP contribution < -0.4 is 4.74 Å². The van der Waals surface area contributed by atoms with Gasteiger partial charge >= 0.3 is 0 Å². The predicted octanol–water partition coefficient (Wildman–Crippen LogP) is 2.89. The second kappa shape index (κ2) is 6.76. The lowest BCUT2D eigenvalue weighted by Crippen LogP contribution is -2.51. The quantitative estimate of drug-likeness (QED) is 0.833. The number of halogens is 4. The van der Waals surface area contributed by atoms with Gasteiger partial charge in [0.1, 0.15) is 11.5 Å². The van der Waals surface area contributed by atoms with Crippen molar-refractivity contribution in [1.82, 2.24) is 5.01 Å². The van der Waals surface area contributed by atoms with E-state index in [1.54, 1.807) is 13.8 Å². The second-order valence-electron chi connectivity index (χ2n) is 5.56. The van der Waals surface area contributed by atoms with Crippen LogP contribution in [0.2, 0.25) is 0 Å². The van der Waals surface area contributed by atoms with E-state index in [1.165, 1.54) is 24.3 Å². The molecule has 0 saturated heterocycles. The highest BCUT2D eigenvalue weighted by Gasteiger charge is 2.53. The summed E-state index contributed by atoms with van der Waals surface area (Å²) in [4.78, 5) is 12.3. The molecule has 5 nitrogen and oxygen atoms in total. The Morgan fingerprint density at radius 1 is 1.25 bits per heavy atom. The van der Waals surface area contributed by atoms with Crippen LogP contribution in [0.4, 0.5) is 17.6 Å². The van der Waals surface area contributed by atoms with E-state index in [2.05, 4.69) is 5.10 Å².